The van der Waals surface area contributed by atoms with E-state index in [1.165, 1.54) is 53.1 Å². The van der Waals surface area contributed by atoms with Crippen molar-refractivity contribution in [2.75, 3.05) is 23.7 Å². The first-order chi connectivity index (χ1) is 21.9. The lowest BCUT2D eigenvalue weighted by atomic mass is 10.00. The molecule has 0 radical (unpaired) electrons. The number of alkyl halides is 3. The summed E-state index contributed by atoms with van der Waals surface area (Å²) in [6.07, 6.45) is -1.60. The lowest BCUT2D eigenvalue weighted by molar-refractivity contribution is -0.274. The molecule has 242 valence electrons. The lowest BCUT2D eigenvalue weighted by Gasteiger charge is -2.32. The van der Waals surface area contributed by atoms with E-state index in [4.69, 9.17) is 0 Å². The molecule has 5 rings (SSSR count). The third kappa shape index (κ3) is 8.65. The van der Waals surface area contributed by atoms with Gasteiger partial charge in [0.05, 0.1) is 5.69 Å². The maximum absolute atomic E-state index is 14.0. The van der Waals surface area contributed by atoms with E-state index in [0.717, 1.165) is 41.0 Å². The maximum atomic E-state index is 14.0. The van der Waals surface area contributed by atoms with Gasteiger partial charge < -0.3 is 15.0 Å². The molecular formula is C33H34F4N6O2S. The number of benzene rings is 3. The van der Waals surface area contributed by atoms with Gasteiger partial charge in [0.2, 0.25) is 0 Å². The smallest absolute Gasteiger partial charge is 0.406 e. The highest BCUT2D eigenvalue weighted by molar-refractivity contribution is 8.14. The van der Waals surface area contributed by atoms with Crippen molar-refractivity contribution in [3.8, 4) is 22.8 Å². The normalized spacial score (nSPS) is 15.3. The molecule has 1 saturated heterocycles. The van der Waals surface area contributed by atoms with Crippen LogP contribution in [0.3, 0.4) is 0 Å². The molecule has 0 aliphatic carbocycles. The number of thioether (sulfide) groups is 1. The number of urea groups is 1. The van der Waals surface area contributed by atoms with E-state index in [0.29, 0.717) is 29.8 Å². The number of hydrogen-bond donors (Lipinski definition) is 1. The number of rotatable bonds is 9. The van der Waals surface area contributed by atoms with Crippen molar-refractivity contribution in [1.82, 2.24) is 20.1 Å². The molecule has 2 heterocycles. The zero-order valence-corrected chi connectivity index (χ0v) is 26.4. The average Bonchev–Trinajstić information content (AvgIpc) is 3.51. The van der Waals surface area contributed by atoms with Gasteiger partial charge in [-0.1, -0.05) is 56.8 Å². The van der Waals surface area contributed by atoms with Crippen LogP contribution < -0.4 is 15.0 Å². The van der Waals surface area contributed by atoms with Crippen molar-refractivity contribution in [3.63, 3.8) is 0 Å². The Bertz CT molecular complexity index is 1670. The van der Waals surface area contributed by atoms with Crippen molar-refractivity contribution >= 4 is 28.6 Å². The minimum absolute atomic E-state index is 0.118. The van der Waals surface area contributed by atoms with E-state index in [1.54, 1.807) is 12.1 Å². The molecule has 8 nitrogen and oxygen atoms in total. The Morgan fingerprint density at radius 2 is 1.80 bits per heavy atom. The topological polar surface area (TPSA) is 84.6 Å². The number of hydrogen-bond acceptors (Lipinski definition) is 5. The van der Waals surface area contributed by atoms with Gasteiger partial charge in [0.15, 0.2) is 11.0 Å². The number of halogens is 4. The van der Waals surface area contributed by atoms with Crippen LogP contribution >= 0.6 is 11.8 Å². The third-order valence-electron chi connectivity index (χ3n) is 7.31. The van der Waals surface area contributed by atoms with Gasteiger partial charge in [-0.2, -0.15) is 4.99 Å². The second-order valence-electron chi connectivity index (χ2n) is 11.4. The Kier molecular flexibility index (Phi) is 10.3. The Hall–Kier alpha value is -4.39. The van der Waals surface area contributed by atoms with E-state index in [2.05, 4.69) is 25.1 Å². The van der Waals surface area contributed by atoms with Crippen LogP contribution in [0.5, 0.6) is 5.75 Å². The van der Waals surface area contributed by atoms with Gasteiger partial charge in [-0.05, 0) is 78.3 Å². The van der Waals surface area contributed by atoms with E-state index in [-0.39, 0.29) is 23.4 Å². The Balaban J connectivity index is 1.15. The van der Waals surface area contributed by atoms with Crippen LogP contribution in [0.4, 0.5) is 28.0 Å². The average molecular weight is 655 g/mol. The highest BCUT2D eigenvalue weighted by Crippen LogP contribution is 2.33. The van der Waals surface area contributed by atoms with Crippen LogP contribution in [-0.2, 0) is 6.42 Å². The first-order valence-corrected chi connectivity index (χ1v) is 15.9. The molecule has 46 heavy (non-hydrogen) atoms. The van der Waals surface area contributed by atoms with Crippen LogP contribution in [0, 0.1) is 11.7 Å². The van der Waals surface area contributed by atoms with Gasteiger partial charge in [0.25, 0.3) is 0 Å². The van der Waals surface area contributed by atoms with Crippen LogP contribution in [0.2, 0.25) is 0 Å². The molecule has 1 N–H and O–H groups in total. The molecule has 0 spiro atoms. The van der Waals surface area contributed by atoms with Gasteiger partial charge in [-0.15, -0.1) is 18.3 Å². The molecule has 1 atom stereocenters. The van der Waals surface area contributed by atoms with Crippen molar-refractivity contribution < 1.29 is 27.1 Å². The molecule has 0 bridgehead atoms. The zero-order chi connectivity index (χ0) is 32.8. The highest BCUT2D eigenvalue weighted by atomic mass is 32.2. The fourth-order valence-electron chi connectivity index (χ4n) is 5.08. The molecule has 0 saturated carbocycles. The molecule has 1 fully saturated rings. The van der Waals surface area contributed by atoms with Crippen molar-refractivity contribution in [1.29, 1.82) is 0 Å². The summed E-state index contributed by atoms with van der Waals surface area (Å²) in [6, 6.07) is 17.5. The SMILES string of the molecule is CC(CNC(=O)/N=C1\SCCCN1c1ccc(F)cc1C(C)C)Cc1ccc(-c2ncn(-c3ccc(OC(F)(F)F)cc3)n2)cc1. The summed E-state index contributed by atoms with van der Waals surface area (Å²) in [5.74, 6) is 0.985. The first kappa shape index (κ1) is 33.0. The van der Waals surface area contributed by atoms with Gasteiger partial charge in [-0.25, -0.2) is 18.9 Å². The van der Waals surface area contributed by atoms with Gasteiger partial charge in [0.1, 0.15) is 17.9 Å². The number of amides is 2. The third-order valence-corrected chi connectivity index (χ3v) is 8.38. The summed E-state index contributed by atoms with van der Waals surface area (Å²) in [6.45, 7) is 7.23. The standard InChI is InChI=1S/C33H34F4N6O2S/c1-21(2)28-18-25(34)9-14-29(28)42-15-4-16-46-32(42)40-31(44)38-19-22(3)17-23-5-7-24(8-6-23)30-39-20-43(41-30)26-10-12-27(13-11-26)45-33(35,36)37/h5-14,18,20-22H,4,15-17,19H2,1-3H3,(H,38,44)/b40-32-. The van der Waals surface area contributed by atoms with E-state index in [1.807, 2.05) is 49.9 Å². The number of carbonyl (C=O) groups excluding carboxylic acids is 1. The molecule has 13 heteroatoms. The number of amidine groups is 1. The van der Waals surface area contributed by atoms with Crippen LogP contribution in [0.1, 0.15) is 44.2 Å². The lowest BCUT2D eigenvalue weighted by Crippen LogP contribution is -2.37. The van der Waals surface area contributed by atoms with E-state index in [9.17, 15) is 22.4 Å². The molecule has 1 aromatic heterocycles. The number of aromatic nitrogens is 3. The van der Waals surface area contributed by atoms with Crippen molar-refractivity contribution in [2.45, 2.75) is 45.9 Å². The predicted octanol–water partition coefficient (Wildman–Crippen LogP) is 7.98. The fraction of sp³-hybridized carbons (Fsp3) is 0.333. The highest BCUT2D eigenvalue weighted by Gasteiger charge is 2.31. The minimum atomic E-state index is -4.75. The van der Waals surface area contributed by atoms with E-state index < -0.39 is 12.4 Å². The Morgan fingerprint density at radius 1 is 1.07 bits per heavy atom. The minimum Gasteiger partial charge on any atom is -0.406 e. The van der Waals surface area contributed by atoms with Crippen LogP contribution in [0.25, 0.3) is 17.1 Å². The van der Waals surface area contributed by atoms with Gasteiger partial charge >= 0.3 is 12.4 Å². The molecular weight excluding hydrogens is 620 g/mol. The Labute approximate surface area is 268 Å². The summed E-state index contributed by atoms with van der Waals surface area (Å²) in [4.78, 5) is 23.5. The van der Waals surface area contributed by atoms with Crippen molar-refractivity contribution in [2.24, 2.45) is 10.9 Å². The van der Waals surface area contributed by atoms with Crippen LogP contribution in [0.15, 0.2) is 78.0 Å². The summed E-state index contributed by atoms with van der Waals surface area (Å²) in [5.41, 5.74) is 4.15. The summed E-state index contributed by atoms with van der Waals surface area (Å²) < 4.78 is 56.6. The quantitative estimate of drug-likeness (QED) is 0.184. The molecule has 2 amide bonds. The number of carbonyl (C=O) groups is 1. The zero-order valence-electron chi connectivity index (χ0n) is 25.6. The largest absolute Gasteiger partial charge is 0.573 e. The summed E-state index contributed by atoms with van der Waals surface area (Å²) in [5, 5.41) is 7.99. The van der Waals surface area contributed by atoms with Crippen LogP contribution in [-0.4, -0.2) is 51.2 Å². The molecule has 3 aromatic carbocycles. The molecule has 1 aliphatic heterocycles. The van der Waals surface area contributed by atoms with Gasteiger partial charge in [0, 0.05) is 30.1 Å². The van der Waals surface area contributed by atoms with Gasteiger partial charge in [-0.3, -0.25) is 0 Å². The number of aliphatic imine (C=N–C) groups is 1. The molecule has 1 aliphatic rings. The Morgan fingerprint density at radius 3 is 2.50 bits per heavy atom. The summed E-state index contributed by atoms with van der Waals surface area (Å²) in [7, 11) is 0. The second-order valence-corrected chi connectivity index (χ2v) is 12.4. The number of nitrogens with one attached hydrogen (secondary N) is 1. The predicted molar refractivity (Wildman–Crippen MR) is 172 cm³/mol. The number of nitrogens with zero attached hydrogens (tertiary/aromatic N) is 5. The van der Waals surface area contributed by atoms with E-state index >= 15 is 0 Å². The second kappa shape index (κ2) is 14.4. The fourth-order valence-corrected chi connectivity index (χ4v) is 6.03. The number of anilines is 1. The molecule has 4 aromatic rings. The maximum Gasteiger partial charge on any atom is 0.573 e. The first-order valence-electron chi connectivity index (χ1n) is 14.9. The molecule has 1 unspecified atom stereocenters. The van der Waals surface area contributed by atoms with Crippen molar-refractivity contribution in [3.05, 3.63) is 90.0 Å². The number of ether oxygens (including phenoxy) is 1. The summed E-state index contributed by atoms with van der Waals surface area (Å²) >= 11 is 1.53. The monoisotopic (exact) mass is 654 g/mol.